The van der Waals surface area contributed by atoms with Crippen molar-refractivity contribution in [1.82, 2.24) is 0 Å². The first-order valence-electron chi connectivity index (χ1n) is 24.2. The molecule has 0 bridgehead atoms. The molecular weight excluding hydrogens is 841 g/mol. The predicted octanol–water partition coefficient (Wildman–Crippen LogP) is 18.1. The van der Waals surface area contributed by atoms with E-state index in [1.54, 1.807) is 12.1 Å². The Bertz CT molecular complexity index is 2430. The largest absolute Gasteiger partial charge is 0.494 e. The summed E-state index contributed by atoms with van der Waals surface area (Å²) in [5.41, 5.74) is 18.9. The SMILES string of the molecule is CCC.CCOc1ccc(C)cc1.COC(=O)c1ccc(C)cc1.Cc1ccc(-c2ccc(C)cc2)cc1.Cc1ccc(C)cc1.Cc1ccc(Cc2ccc(C)cc2)cc1.Cc1cccc(C)c1. The Labute approximate surface area is 418 Å². The third-order valence-corrected chi connectivity index (χ3v) is 10.3. The second-order valence-electron chi connectivity index (χ2n) is 17.5. The summed E-state index contributed by atoms with van der Waals surface area (Å²) in [5, 5.41) is 0. The van der Waals surface area contributed by atoms with E-state index in [9.17, 15) is 4.79 Å². The van der Waals surface area contributed by atoms with Crippen LogP contribution in [0.4, 0.5) is 0 Å². The van der Waals surface area contributed by atoms with E-state index in [1.807, 2.05) is 50.2 Å². The minimum absolute atomic E-state index is 0.287. The molecule has 0 saturated carbocycles. The number of esters is 1. The van der Waals surface area contributed by atoms with Crippen LogP contribution >= 0.6 is 0 Å². The van der Waals surface area contributed by atoms with Crippen molar-refractivity contribution in [3.05, 3.63) is 266 Å². The van der Waals surface area contributed by atoms with Gasteiger partial charge < -0.3 is 9.47 Å². The van der Waals surface area contributed by atoms with Gasteiger partial charge in [0.25, 0.3) is 0 Å². The van der Waals surface area contributed by atoms with Crippen LogP contribution in [0.25, 0.3) is 11.1 Å². The topological polar surface area (TPSA) is 35.5 Å². The second kappa shape index (κ2) is 33.5. The van der Waals surface area contributed by atoms with E-state index >= 15 is 0 Å². The highest BCUT2D eigenvalue weighted by atomic mass is 16.5. The van der Waals surface area contributed by atoms with Gasteiger partial charge in [0.1, 0.15) is 5.75 Å². The molecule has 0 aliphatic carbocycles. The molecular formula is C66H80O3. The molecule has 0 unspecified atom stereocenters. The number of hydrogen-bond acceptors (Lipinski definition) is 3. The Morgan fingerprint density at radius 1 is 0.362 bits per heavy atom. The molecule has 8 aromatic rings. The quantitative estimate of drug-likeness (QED) is 0.156. The normalized spacial score (nSPS) is 9.54. The molecule has 0 spiro atoms. The molecule has 0 atom stereocenters. The van der Waals surface area contributed by atoms with Crippen LogP contribution < -0.4 is 4.74 Å². The first-order chi connectivity index (χ1) is 33.0. The highest BCUT2D eigenvalue weighted by Crippen LogP contribution is 2.20. The van der Waals surface area contributed by atoms with Crippen LogP contribution in [0.2, 0.25) is 0 Å². The fourth-order valence-electron chi connectivity index (χ4n) is 6.19. The zero-order chi connectivity index (χ0) is 51.0. The third kappa shape index (κ3) is 26.2. The zero-order valence-corrected chi connectivity index (χ0v) is 44.3. The van der Waals surface area contributed by atoms with E-state index in [1.165, 1.54) is 85.9 Å². The van der Waals surface area contributed by atoms with E-state index in [-0.39, 0.29) is 5.97 Å². The van der Waals surface area contributed by atoms with Crippen LogP contribution in [0, 0.1) is 69.2 Å². The second-order valence-corrected chi connectivity index (χ2v) is 17.5. The van der Waals surface area contributed by atoms with Gasteiger partial charge in [-0.15, -0.1) is 0 Å². The lowest BCUT2D eigenvalue weighted by molar-refractivity contribution is 0.0600. The number of rotatable bonds is 6. The van der Waals surface area contributed by atoms with Crippen molar-refractivity contribution in [2.24, 2.45) is 0 Å². The standard InChI is InChI=1S/C15H16.C14H14.C9H10O2.C9H12O.2C8H10.C3H8/c1-12-3-7-14(8-4-12)11-15-9-5-13(2)6-10-15;1-11-3-7-13(8-4-11)14-9-5-12(2)6-10-14;1-7-3-5-8(6-4-7)9(10)11-2;1-3-10-9-6-4-8(2)5-7-9;1-7-3-5-8(2)6-4-7;1-7-4-3-5-8(2)6-7;1-3-2/h3-10H,11H2,1-2H3;3-10H,1-2H3;3-6H,1-2H3;4-7H,3H2,1-2H3;2*3-6H,1-2H3;3H2,1-2H3. The molecule has 0 aliphatic heterocycles. The molecule has 0 radical (unpaired) electrons. The number of hydrogen-bond donors (Lipinski definition) is 0. The lowest BCUT2D eigenvalue weighted by Crippen LogP contribution is -2.00. The summed E-state index contributed by atoms with van der Waals surface area (Å²) < 4.78 is 9.80. The minimum Gasteiger partial charge on any atom is -0.494 e. The number of benzene rings is 8. The van der Waals surface area contributed by atoms with Crippen molar-refractivity contribution < 1.29 is 14.3 Å². The summed E-state index contributed by atoms with van der Waals surface area (Å²) in [6, 6.07) is 67.0. The molecule has 69 heavy (non-hydrogen) atoms. The van der Waals surface area contributed by atoms with Gasteiger partial charge in [-0.25, -0.2) is 4.79 Å². The smallest absolute Gasteiger partial charge is 0.337 e. The van der Waals surface area contributed by atoms with Crippen molar-refractivity contribution in [2.75, 3.05) is 13.7 Å². The number of carbonyl (C=O) groups is 1. The lowest BCUT2D eigenvalue weighted by Gasteiger charge is -2.03. The van der Waals surface area contributed by atoms with Gasteiger partial charge in [0, 0.05) is 0 Å². The van der Waals surface area contributed by atoms with Gasteiger partial charge in [0.15, 0.2) is 0 Å². The van der Waals surface area contributed by atoms with Crippen molar-refractivity contribution >= 4 is 5.97 Å². The molecule has 0 aromatic heterocycles. The summed E-state index contributed by atoms with van der Waals surface area (Å²) in [5.74, 6) is 0.665. The maximum Gasteiger partial charge on any atom is 0.337 e. The van der Waals surface area contributed by atoms with E-state index in [0.717, 1.165) is 24.3 Å². The molecule has 0 amide bonds. The molecule has 8 aromatic carbocycles. The van der Waals surface area contributed by atoms with Crippen molar-refractivity contribution in [1.29, 1.82) is 0 Å². The highest BCUT2D eigenvalue weighted by Gasteiger charge is 2.02. The molecule has 362 valence electrons. The van der Waals surface area contributed by atoms with E-state index in [2.05, 4.69) is 226 Å². The van der Waals surface area contributed by atoms with Crippen molar-refractivity contribution in [3.63, 3.8) is 0 Å². The molecule has 3 heteroatoms. The minimum atomic E-state index is -0.287. The third-order valence-electron chi connectivity index (χ3n) is 10.3. The maximum absolute atomic E-state index is 10.9. The summed E-state index contributed by atoms with van der Waals surface area (Å²) in [4.78, 5) is 10.9. The number of aryl methyl sites for hydroxylation is 10. The predicted molar refractivity (Wildman–Crippen MR) is 299 cm³/mol. The van der Waals surface area contributed by atoms with Gasteiger partial charge in [0.05, 0.1) is 19.3 Å². The fraction of sp³-hybridized carbons (Fsp3) is 0.258. The van der Waals surface area contributed by atoms with Gasteiger partial charge in [-0.3, -0.25) is 0 Å². The maximum atomic E-state index is 10.9. The van der Waals surface area contributed by atoms with Crippen molar-refractivity contribution in [3.8, 4) is 16.9 Å². The molecule has 0 N–H and O–H groups in total. The highest BCUT2D eigenvalue weighted by molar-refractivity contribution is 5.89. The van der Waals surface area contributed by atoms with Gasteiger partial charge >= 0.3 is 5.97 Å². The van der Waals surface area contributed by atoms with E-state index < -0.39 is 0 Å². The summed E-state index contributed by atoms with van der Waals surface area (Å²) in [6.45, 7) is 27.9. The van der Waals surface area contributed by atoms with Crippen LogP contribution in [0.5, 0.6) is 5.75 Å². The summed E-state index contributed by atoms with van der Waals surface area (Å²) in [6.07, 6.45) is 2.28. The first kappa shape index (κ1) is 58.2. The Morgan fingerprint density at radius 2 is 0.638 bits per heavy atom. The Kier molecular flexibility index (Phi) is 28.2. The van der Waals surface area contributed by atoms with Gasteiger partial charge in [-0.2, -0.15) is 0 Å². The van der Waals surface area contributed by atoms with E-state index in [4.69, 9.17) is 4.74 Å². The molecule has 0 aliphatic rings. The molecule has 0 saturated heterocycles. The van der Waals surface area contributed by atoms with Crippen LogP contribution in [0.15, 0.2) is 194 Å². The molecule has 0 fully saturated rings. The first-order valence-corrected chi connectivity index (χ1v) is 24.2. The zero-order valence-electron chi connectivity index (χ0n) is 44.3. The number of carbonyl (C=O) groups excluding carboxylic acids is 1. The summed E-state index contributed by atoms with van der Waals surface area (Å²) in [7, 11) is 1.38. The van der Waals surface area contributed by atoms with Gasteiger partial charge in [-0.1, -0.05) is 246 Å². The van der Waals surface area contributed by atoms with Crippen molar-refractivity contribution in [2.45, 2.75) is 103 Å². The Morgan fingerprint density at radius 3 is 0.913 bits per heavy atom. The van der Waals surface area contributed by atoms with Crippen LogP contribution in [-0.4, -0.2) is 19.7 Å². The average Bonchev–Trinajstić information content (AvgIpc) is 3.34. The summed E-state index contributed by atoms with van der Waals surface area (Å²) >= 11 is 0. The number of ether oxygens (including phenoxy) is 2. The van der Waals surface area contributed by atoms with Crippen LogP contribution in [0.3, 0.4) is 0 Å². The Balaban J connectivity index is 0.000000285. The number of methoxy groups -OCH3 is 1. The van der Waals surface area contributed by atoms with Gasteiger partial charge in [-0.05, 0) is 129 Å². The van der Waals surface area contributed by atoms with E-state index in [0.29, 0.717) is 5.56 Å². The molecule has 3 nitrogen and oxygen atoms in total. The fourth-order valence-corrected chi connectivity index (χ4v) is 6.19. The van der Waals surface area contributed by atoms with Crippen LogP contribution in [-0.2, 0) is 11.2 Å². The molecule has 8 rings (SSSR count). The monoisotopic (exact) mass is 921 g/mol. The van der Waals surface area contributed by atoms with Gasteiger partial charge in [0.2, 0.25) is 0 Å². The average molecular weight is 921 g/mol. The Hall–Kier alpha value is -6.97. The van der Waals surface area contributed by atoms with Crippen LogP contribution in [0.1, 0.15) is 104 Å². The molecule has 0 heterocycles. The lowest BCUT2D eigenvalue weighted by atomic mass is 10.0.